The third kappa shape index (κ3) is 3.94. The van der Waals surface area contributed by atoms with E-state index in [1.807, 2.05) is 0 Å². The van der Waals surface area contributed by atoms with Gasteiger partial charge in [0.1, 0.15) is 4.32 Å². The van der Waals surface area contributed by atoms with Gasteiger partial charge in [0.05, 0.1) is 0 Å². The van der Waals surface area contributed by atoms with Crippen LogP contribution in [0.5, 0.6) is 0 Å². The molecule has 0 heterocycles. The van der Waals surface area contributed by atoms with Gasteiger partial charge in [-0.3, -0.25) is 0 Å². The van der Waals surface area contributed by atoms with E-state index >= 15 is 0 Å². The predicted octanol–water partition coefficient (Wildman–Crippen LogP) is 1.63. The average molecular weight is 190 g/mol. The van der Waals surface area contributed by atoms with Crippen molar-refractivity contribution < 1.29 is 0 Å². The first-order valence-electron chi connectivity index (χ1n) is 4.03. The molecule has 1 rings (SSSR count). The molecule has 1 saturated carbocycles. The van der Waals surface area contributed by atoms with Crippen molar-refractivity contribution >= 4 is 29.2 Å². The standard InChI is InChI=1S/C7H14N2S2/c10-7(11)9-8-6-4-2-1-3-5-6/h6,8H,1-5H2,(H2,9,10,11). The van der Waals surface area contributed by atoms with Crippen molar-refractivity contribution in [2.75, 3.05) is 0 Å². The molecule has 11 heavy (non-hydrogen) atoms. The summed E-state index contributed by atoms with van der Waals surface area (Å²) in [4.78, 5) is 0. The van der Waals surface area contributed by atoms with Crippen molar-refractivity contribution in [3.8, 4) is 0 Å². The Labute approximate surface area is 78.5 Å². The number of nitrogens with one attached hydrogen (secondary N) is 2. The maximum Gasteiger partial charge on any atom is 0.144 e. The van der Waals surface area contributed by atoms with Crippen LogP contribution in [0.15, 0.2) is 0 Å². The van der Waals surface area contributed by atoms with Crippen LogP contribution in [0.25, 0.3) is 0 Å². The summed E-state index contributed by atoms with van der Waals surface area (Å²) >= 11 is 8.71. The fourth-order valence-corrected chi connectivity index (χ4v) is 1.53. The van der Waals surface area contributed by atoms with E-state index in [0.717, 1.165) is 0 Å². The maximum absolute atomic E-state index is 4.75. The lowest BCUT2D eigenvalue weighted by Crippen LogP contribution is -2.42. The van der Waals surface area contributed by atoms with Gasteiger partial charge < -0.3 is 5.43 Å². The number of rotatable bonds is 2. The van der Waals surface area contributed by atoms with Gasteiger partial charge in [0.2, 0.25) is 0 Å². The number of thiocarbonyl (C=S) groups is 1. The molecule has 64 valence electrons. The molecule has 0 unspecified atom stereocenters. The summed E-state index contributed by atoms with van der Waals surface area (Å²) in [7, 11) is 0. The second-order valence-electron chi connectivity index (χ2n) is 2.91. The first-order chi connectivity index (χ1) is 5.29. The van der Waals surface area contributed by atoms with Gasteiger partial charge in [-0.2, -0.15) is 0 Å². The fraction of sp³-hybridized carbons (Fsp3) is 0.857. The van der Waals surface area contributed by atoms with Crippen molar-refractivity contribution in [2.24, 2.45) is 0 Å². The summed E-state index contributed by atoms with van der Waals surface area (Å²) in [6, 6.07) is 0.592. The summed E-state index contributed by atoms with van der Waals surface area (Å²) in [5.41, 5.74) is 6.01. The second-order valence-corrected chi connectivity index (χ2v) is 4.07. The second kappa shape index (κ2) is 4.95. The van der Waals surface area contributed by atoms with Crippen molar-refractivity contribution in [1.29, 1.82) is 0 Å². The van der Waals surface area contributed by atoms with Gasteiger partial charge in [-0.25, -0.2) is 5.43 Å². The van der Waals surface area contributed by atoms with Crippen LogP contribution in [0.4, 0.5) is 0 Å². The Kier molecular flexibility index (Phi) is 4.18. The highest BCUT2D eigenvalue weighted by atomic mass is 32.1. The van der Waals surface area contributed by atoms with Crippen LogP contribution in [-0.4, -0.2) is 10.4 Å². The van der Waals surface area contributed by atoms with Crippen molar-refractivity contribution in [1.82, 2.24) is 10.9 Å². The summed E-state index contributed by atoms with van der Waals surface area (Å²) in [5, 5.41) is 0. The van der Waals surface area contributed by atoms with E-state index in [-0.39, 0.29) is 0 Å². The molecule has 0 radical (unpaired) electrons. The minimum absolute atomic E-state index is 0.524. The van der Waals surface area contributed by atoms with Crippen LogP contribution in [0.1, 0.15) is 32.1 Å². The monoisotopic (exact) mass is 190 g/mol. The van der Waals surface area contributed by atoms with E-state index in [4.69, 9.17) is 12.2 Å². The number of hydrazine groups is 1. The molecule has 0 amide bonds. The van der Waals surface area contributed by atoms with Crippen molar-refractivity contribution in [3.63, 3.8) is 0 Å². The Morgan fingerprint density at radius 1 is 1.27 bits per heavy atom. The molecule has 1 aliphatic carbocycles. The Morgan fingerprint density at radius 3 is 2.45 bits per heavy atom. The molecule has 2 nitrogen and oxygen atoms in total. The smallest absolute Gasteiger partial charge is 0.144 e. The van der Waals surface area contributed by atoms with Gasteiger partial charge in [-0.05, 0) is 12.8 Å². The van der Waals surface area contributed by atoms with Crippen molar-refractivity contribution in [2.45, 2.75) is 38.1 Å². The lowest BCUT2D eigenvalue weighted by Gasteiger charge is -2.22. The molecule has 2 N–H and O–H groups in total. The van der Waals surface area contributed by atoms with Gasteiger partial charge in [-0.1, -0.05) is 31.5 Å². The highest BCUT2D eigenvalue weighted by Gasteiger charge is 2.11. The molecule has 1 fully saturated rings. The Morgan fingerprint density at radius 2 is 1.91 bits per heavy atom. The fourth-order valence-electron chi connectivity index (χ4n) is 1.41. The van der Waals surface area contributed by atoms with E-state index in [2.05, 4.69) is 23.5 Å². The zero-order valence-electron chi connectivity index (χ0n) is 6.47. The third-order valence-corrected chi connectivity index (χ3v) is 2.20. The molecule has 0 aliphatic heterocycles. The summed E-state index contributed by atoms with van der Waals surface area (Å²) in [6.07, 6.45) is 6.55. The Bertz CT molecular complexity index is 132. The first-order valence-corrected chi connectivity index (χ1v) is 4.89. The molecule has 0 bridgehead atoms. The minimum Gasteiger partial charge on any atom is -0.307 e. The van der Waals surface area contributed by atoms with E-state index < -0.39 is 0 Å². The van der Waals surface area contributed by atoms with Crippen LogP contribution in [0, 0.1) is 0 Å². The van der Waals surface area contributed by atoms with Crippen LogP contribution < -0.4 is 10.9 Å². The molecular weight excluding hydrogens is 176 g/mol. The van der Waals surface area contributed by atoms with Crippen LogP contribution in [0.2, 0.25) is 0 Å². The summed E-state index contributed by atoms with van der Waals surface area (Å²) in [5.74, 6) is 0. The zero-order valence-corrected chi connectivity index (χ0v) is 8.18. The predicted molar refractivity (Wildman–Crippen MR) is 54.7 cm³/mol. The number of thiol groups is 1. The van der Waals surface area contributed by atoms with Gasteiger partial charge in [-0.15, -0.1) is 12.6 Å². The third-order valence-electron chi connectivity index (χ3n) is 1.99. The van der Waals surface area contributed by atoms with E-state index in [1.54, 1.807) is 0 Å². The number of hydrogen-bond acceptors (Lipinski definition) is 2. The average Bonchev–Trinajstić information content (AvgIpc) is 2.03. The highest BCUT2D eigenvalue weighted by molar-refractivity contribution is 8.11. The molecule has 4 heteroatoms. The van der Waals surface area contributed by atoms with E-state index in [9.17, 15) is 0 Å². The Hall–Kier alpha value is 0.200. The molecule has 0 aromatic carbocycles. The van der Waals surface area contributed by atoms with Crippen molar-refractivity contribution in [3.05, 3.63) is 0 Å². The minimum atomic E-state index is 0.524. The molecule has 0 saturated heterocycles. The van der Waals surface area contributed by atoms with Gasteiger partial charge in [0.25, 0.3) is 0 Å². The van der Waals surface area contributed by atoms with Gasteiger partial charge >= 0.3 is 0 Å². The first kappa shape index (κ1) is 9.29. The van der Waals surface area contributed by atoms with Gasteiger partial charge in [0, 0.05) is 6.04 Å². The molecule has 0 aromatic rings. The van der Waals surface area contributed by atoms with E-state index in [1.165, 1.54) is 32.1 Å². The molecule has 0 spiro atoms. The van der Waals surface area contributed by atoms with E-state index in [0.29, 0.717) is 10.4 Å². The zero-order chi connectivity index (χ0) is 8.10. The molecule has 1 aliphatic rings. The number of hydrogen-bond donors (Lipinski definition) is 3. The van der Waals surface area contributed by atoms with Crippen LogP contribution in [-0.2, 0) is 0 Å². The highest BCUT2D eigenvalue weighted by Crippen LogP contribution is 2.16. The van der Waals surface area contributed by atoms with Crippen LogP contribution in [0.3, 0.4) is 0 Å². The SMILES string of the molecule is S=C(S)NNC1CCCCC1. The largest absolute Gasteiger partial charge is 0.307 e. The normalized spacial score (nSPS) is 19.7. The lowest BCUT2D eigenvalue weighted by atomic mass is 9.96. The van der Waals surface area contributed by atoms with Crippen LogP contribution >= 0.6 is 24.8 Å². The Balaban J connectivity index is 2.09. The summed E-state index contributed by atoms with van der Waals surface area (Å²) in [6.45, 7) is 0. The molecule has 0 atom stereocenters. The molecular formula is C7H14N2S2. The quantitative estimate of drug-likeness (QED) is 0.350. The summed E-state index contributed by atoms with van der Waals surface area (Å²) < 4.78 is 0.524. The lowest BCUT2D eigenvalue weighted by molar-refractivity contribution is 0.363. The van der Waals surface area contributed by atoms with Gasteiger partial charge in [0.15, 0.2) is 0 Å². The molecule has 0 aromatic heterocycles. The maximum atomic E-state index is 4.75. The topological polar surface area (TPSA) is 24.1 Å².